The van der Waals surface area contributed by atoms with Crippen molar-refractivity contribution in [2.24, 2.45) is 4.99 Å². The van der Waals surface area contributed by atoms with Crippen molar-refractivity contribution in [2.45, 2.75) is 44.4 Å². The maximum absolute atomic E-state index is 12.6. The molecular weight excluding hydrogens is 426 g/mol. The van der Waals surface area contributed by atoms with Crippen molar-refractivity contribution in [1.82, 2.24) is 5.32 Å². The number of anilines is 1. The molecule has 0 radical (unpaired) electrons. The molecule has 6 nitrogen and oxygen atoms in total. The normalized spacial score (nSPS) is 25.9. The van der Waals surface area contributed by atoms with Crippen molar-refractivity contribution in [3.8, 4) is 0 Å². The van der Waals surface area contributed by atoms with Gasteiger partial charge in [0, 0.05) is 42.0 Å². The highest BCUT2D eigenvalue weighted by Crippen LogP contribution is 2.43. The van der Waals surface area contributed by atoms with E-state index in [0.29, 0.717) is 17.0 Å². The molecule has 170 valence electrons. The molecule has 1 fully saturated rings. The van der Waals surface area contributed by atoms with Gasteiger partial charge in [0.2, 0.25) is 5.91 Å². The molecule has 1 aromatic carbocycles. The lowest BCUT2D eigenvalue weighted by atomic mass is 9.74. The lowest BCUT2D eigenvalue weighted by Gasteiger charge is -2.40. The summed E-state index contributed by atoms with van der Waals surface area (Å²) in [4.78, 5) is 19.4. The molecule has 0 aromatic heterocycles. The van der Waals surface area contributed by atoms with Crippen LogP contribution in [0.1, 0.15) is 38.3 Å². The van der Waals surface area contributed by atoms with E-state index < -0.39 is 17.7 Å². The number of benzene rings is 1. The van der Waals surface area contributed by atoms with Crippen LogP contribution in [0.2, 0.25) is 0 Å². The molecular formula is C25H30ClN3O3. The first-order valence-corrected chi connectivity index (χ1v) is 11.6. The van der Waals surface area contributed by atoms with Gasteiger partial charge < -0.3 is 20.1 Å². The Balaban J connectivity index is 1.69. The molecule has 0 spiro atoms. The summed E-state index contributed by atoms with van der Waals surface area (Å²) in [7, 11) is 0. The van der Waals surface area contributed by atoms with E-state index in [2.05, 4.69) is 27.3 Å². The van der Waals surface area contributed by atoms with E-state index >= 15 is 0 Å². The number of amides is 1. The highest BCUT2D eigenvalue weighted by atomic mass is 35.5. The van der Waals surface area contributed by atoms with Crippen LogP contribution < -0.4 is 10.2 Å². The molecule has 4 rings (SSSR count). The minimum absolute atomic E-state index is 0.0639. The summed E-state index contributed by atoms with van der Waals surface area (Å²) in [6.45, 7) is 6.99. The smallest absolute Gasteiger partial charge is 0.220 e. The number of aliphatic imine (C=N–C) groups is 1. The van der Waals surface area contributed by atoms with Crippen LogP contribution >= 0.6 is 11.6 Å². The van der Waals surface area contributed by atoms with Gasteiger partial charge >= 0.3 is 0 Å². The Hall–Kier alpha value is -2.41. The minimum Gasteiger partial charge on any atom is -0.386 e. The summed E-state index contributed by atoms with van der Waals surface area (Å²) >= 11 is 6.63. The van der Waals surface area contributed by atoms with E-state index in [0.717, 1.165) is 49.5 Å². The Bertz CT molecular complexity index is 977. The number of fused-ring (bicyclic) bond motifs is 1. The Morgan fingerprint density at radius 1 is 1.34 bits per heavy atom. The standard InChI is InChI=1S/C25H30ClN3O3/c1-3-5-22(30)28-23(17-7-9-18(10-8-17)29-12-14-32-15-13-29)19-16-21(26)20-6-4-11-27-25(20,2)24(19)31/h4,6-11,16,23-24,31H,3,5,12-15H2,1-2H3,(H,28,30). The number of allylic oxidation sites excluding steroid dienone is 3. The number of halogens is 1. The van der Waals surface area contributed by atoms with Crippen LogP contribution in [0.4, 0.5) is 5.69 Å². The lowest BCUT2D eigenvalue weighted by molar-refractivity contribution is -0.121. The highest BCUT2D eigenvalue weighted by molar-refractivity contribution is 6.32. The van der Waals surface area contributed by atoms with Gasteiger partial charge in [-0.05, 0) is 48.8 Å². The SMILES string of the molecule is CCCC(=O)NC(C1=CC(Cl)=C2C=CC=NC2(C)C1O)c1ccc(N2CCOCC2)cc1. The van der Waals surface area contributed by atoms with Crippen molar-refractivity contribution in [1.29, 1.82) is 0 Å². The van der Waals surface area contributed by atoms with Crippen LogP contribution in [0.25, 0.3) is 0 Å². The Morgan fingerprint density at radius 2 is 2.06 bits per heavy atom. The molecule has 1 amide bonds. The second-order valence-electron chi connectivity index (χ2n) is 8.53. The maximum atomic E-state index is 12.6. The summed E-state index contributed by atoms with van der Waals surface area (Å²) in [5.41, 5.74) is 2.53. The molecule has 2 aliphatic heterocycles. The number of aliphatic hydroxyl groups excluding tert-OH is 1. The molecule has 1 aromatic rings. The van der Waals surface area contributed by atoms with E-state index in [9.17, 15) is 9.90 Å². The summed E-state index contributed by atoms with van der Waals surface area (Å²) in [6.07, 6.45) is 7.39. The van der Waals surface area contributed by atoms with Gasteiger partial charge in [-0.1, -0.05) is 36.7 Å². The molecule has 0 saturated carbocycles. The number of morpholine rings is 1. The first kappa shape index (κ1) is 22.8. The second-order valence-corrected chi connectivity index (χ2v) is 8.94. The first-order chi connectivity index (χ1) is 15.4. The number of nitrogens with zero attached hydrogens (tertiary/aromatic N) is 2. The second kappa shape index (κ2) is 9.61. The van der Waals surface area contributed by atoms with Crippen molar-refractivity contribution in [2.75, 3.05) is 31.2 Å². The number of ether oxygens (including phenoxy) is 1. The van der Waals surface area contributed by atoms with Crippen LogP contribution in [-0.4, -0.2) is 55.2 Å². The Labute approximate surface area is 194 Å². The number of hydrogen-bond acceptors (Lipinski definition) is 5. The van der Waals surface area contributed by atoms with Crippen LogP contribution in [0.3, 0.4) is 0 Å². The zero-order chi connectivity index (χ0) is 22.7. The third-order valence-electron chi connectivity index (χ3n) is 6.35. The maximum Gasteiger partial charge on any atom is 0.220 e. The molecule has 1 aliphatic carbocycles. The van der Waals surface area contributed by atoms with E-state index in [1.54, 1.807) is 12.3 Å². The van der Waals surface area contributed by atoms with E-state index in [1.807, 2.05) is 38.1 Å². The first-order valence-electron chi connectivity index (χ1n) is 11.2. The summed E-state index contributed by atoms with van der Waals surface area (Å²) in [6, 6.07) is 7.63. The average molecular weight is 456 g/mol. The topological polar surface area (TPSA) is 74.2 Å². The van der Waals surface area contributed by atoms with Crippen LogP contribution in [0, 0.1) is 0 Å². The molecule has 7 heteroatoms. The molecule has 2 N–H and O–H groups in total. The van der Waals surface area contributed by atoms with Gasteiger partial charge in [-0.2, -0.15) is 0 Å². The molecule has 3 atom stereocenters. The van der Waals surface area contributed by atoms with Crippen LogP contribution in [0.15, 0.2) is 63.7 Å². The third kappa shape index (κ3) is 4.40. The molecule has 0 bridgehead atoms. The molecule has 3 unspecified atom stereocenters. The summed E-state index contributed by atoms with van der Waals surface area (Å²) in [5, 5.41) is 15.0. The van der Waals surface area contributed by atoms with Gasteiger partial charge in [0.1, 0.15) is 11.6 Å². The highest BCUT2D eigenvalue weighted by Gasteiger charge is 2.44. The predicted molar refractivity (Wildman–Crippen MR) is 128 cm³/mol. The molecule has 3 aliphatic rings. The fraction of sp³-hybridized carbons (Fsp3) is 0.440. The van der Waals surface area contributed by atoms with Gasteiger partial charge in [0.05, 0.1) is 19.3 Å². The lowest BCUT2D eigenvalue weighted by Crippen LogP contribution is -2.47. The van der Waals surface area contributed by atoms with Gasteiger partial charge in [-0.15, -0.1) is 0 Å². The fourth-order valence-electron chi connectivity index (χ4n) is 4.50. The number of aliphatic hydroxyl groups is 1. The average Bonchev–Trinajstić information content (AvgIpc) is 2.81. The van der Waals surface area contributed by atoms with Gasteiger partial charge in [0.25, 0.3) is 0 Å². The van der Waals surface area contributed by atoms with E-state index in [-0.39, 0.29) is 5.91 Å². The number of nitrogens with one attached hydrogen (secondary N) is 1. The number of carbonyl (C=O) groups is 1. The van der Waals surface area contributed by atoms with Crippen molar-refractivity contribution < 1.29 is 14.6 Å². The van der Waals surface area contributed by atoms with Crippen molar-refractivity contribution >= 4 is 29.4 Å². The fourth-order valence-corrected chi connectivity index (χ4v) is 4.88. The zero-order valence-corrected chi connectivity index (χ0v) is 19.3. The minimum atomic E-state index is -0.924. The van der Waals surface area contributed by atoms with Crippen LogP contribution in [-0.2, 0) is 9.53 Å². The van der Waals surface area contributed by atoms with Crippen LogP contribution in [0.5, 0.6) is 0 Å². The number of rotatable bonds is 6. The zero-order valence-electron chi connectivity index (χ0n) is 18.6. The Morgan fingerprint density at radius 3 is 2.75 bits per heavy atom. The number of dihydropyridines is 1. The van der Waals surface area contributed by atoms with Crippen molar-refractivity contribution in [3.63, 3.8) is 0 Å². The van der Waals surface area contributed by atoms with Gasteiger partial charge in [-0.3, -0.25) is 9.79 Å². The largest absolute Gasteiger partial charge is 0.386 e. The third-order valence-corrected chi connectivity index (χ3v) is 6.67. The summed E-state index contributed by atoms with van der Waals surface area (Å²) in [5.74, 6) is -0.0639. The van der Waals surface area contributed by atoms with E-state index in [1.165, 1.54) is 0 Å². The number of carbonyl (C=O) groups excluding carboxylic acids is 1. The predicted octanol–water partition coefficient (Wildman–Crippen LogP) is 3.67. The summed E-state index contributed by atoms with van der Waals surface area (Å²) < 4.78 is 5.45. The van der Waals surface area contributed by atoms with Gasteiger partial charge in [-0.25, -0.2) is 0 Å². The molecule has 2 heterocycles. The quantitative estimate of drug-likeness (QED) is 0.686. The Kier molecular flexibility index (Phi) is 6.84. The molecule has 1 saturated heterocycles. The monoisotopic (exact) mass is 455 g/mol. The number of hydrogen-bond donors (Lipinski definition) is 2. The van der Waals surface area contributed by atoms with Gasteiger partial charge in [0.15, 0.2) is 0 Å². The van der Waals surface area contributed by atoms with Crippen molar-refractivity contribution in [3.05, 3.63) is 64.2 Å². The van der Waals surface area contributed by atoms with E-state index in [4.69, 9.17) is 16.3 Å². The molecule has 32 heavy (non-hydrogen) atoms.